The molecule has 0 saturated carbocycles. The van der Waals surface area contributed by atoms with Crippen LogP contribution in [0.3, 0.4) is 0 Å². The maximum atomic E-state index is 11.1. The Hall–Kier alpha value is -1.39. The Morgan fingerprint density at radius 2 is 2.23 bits per heavy atom. The van der Waals surface area contributed by atoms with Crippen LogP contribution in [-0.2, 0) is 11.2 Å². The number of rotatable bonds is 1. The van der Waals surface area contributed by atoms with E-state index < -0.39 is 0 Å². The lowest BCUT2D eigenvalue weighted by molar-refractivity contribution is -0.116. The van der Waals surface area contributed by atoms with Gasteiger partial charge in [-0.15, -0.1) is 5.10 Å². The first-order valence-corrected chi connectivity index (χ1v) is 4.42. The van der Waals surface area contributed by atoms with Gasteiger partial charge >= 0.3 is 0 Å². The van der Waals surface area contributed by atoms with Gasteiger partial charge in [-0.1, -0.05) is 5.21 Å². The number of aromatic nitrogens is 3. The number of hydrogen-bond acceptors (Lipinski definition) is 3. The minimum atomic E-state index is 0.0525. The third-order valence-corrected chi connectivity index (χ3v) is 2.10. The topological polar surface area (TPSA) is 59.8 Å². The zero-order valence-corrected chi connectivity index (χ0v) is 7.74. The number of carbonyl (C=O) groups is 1. The summed E-state index contributed by atoms with van der Waals surface area (Å²) < 4.78 is 1.74. The molecular formula is C8H12N4O. The normalized spacial score (nSPS) is 15.8. The van der Waals surface area contributed by atoms with Crippen LogP contribution in [0.5, 0.6) is 0 Å². The fraction of sp³-hybridized carbons (Fsp3) is 0.625. The van der Waals surface area contributed by atoms with Crippen molar-refractivity contribution in [2.45, 2.75) is 32.7 Å². The van der Waals surface area contributed by atoms with Crippen molar-refractivity contribution in [1.82, 2.24) is 15.0 Å². The highest BCUT2D eigenvalue weighted by molar-refractivity contribution is 5.92. The highest BCUT2D eigenvalue weighted by atomic mass is 16.1. The van der Waals surface area contributed by atoms with E-state index in [-0.39, 0.29) is 11.9 Å². The summed E-state index contributed by atoms with van der Waals surface area (Å²) in [7, 11) is 0. The van der Waals surface area contributed by atoms with Crippen LogP contribution in [0.1, 0.15) is 32.0 Å². The Kier molecular flexibility index (Phi) is 1.79. The van der Waals surface area contributed by atoms with Gasteiger partial charge in [0.2, 0.25) is 5.91 Å². The molecule has 0 spiro atoms. The van der Waals surface area contributed by atoms with E-state index >= 15 is 0 Å². The number of hydrogen-bond donors (Lipinski definition) is 1. The highest BCUT2D eigenvalue weighted by Gasteiger charge is 2.21. The molecule has 0 aromatic carbocycles. The first-order valence-electron chi connectivity index (χ1n) is 4.42. The smallest absolute Gasteiger partial charge is 0.225 e. The van der Waals surface area contributed by atoms with Gasteiger partial charge in [-0.25, -0.2) is 4.68 Å². The van der Waals surface area contributed by atoms with Crippen molar-refractivity contribution < 1.29 is 4.79 Å². The van der Waals surface area contributed by atoms with Crippen molar-refractivity contribution in [3.63, 3.8) is 0 Å². The van der Waals surface area contributed by atoms with Crippen molar-refractivity contribution in [2.75, 3.05) is 5.32 Å². The van der Waals surface area contributed by atoms with Gasteiger partial charge in [-0.05, 0) is 13.8 Å². The van der Waals surface area contributed by atoms with E-state index in [9.17, 15) is 4.79 Å². The molecule has 1 aromatic rings. The molecule has 5 heteroatoms. The lowest BCUT2D eigenvalue weighted by Crippen LogP contribution is -2.21. The Morgan fingerprint density at radius 1 is 1.46 bits per heavy atom. The lowest BCUT2D eigenvalue weighted by Gasteiger charge is -2.14. The zero-order valence-electron chi connectivity index (χ0n) is 7.74. The van der Waals surface area contributed by atoms with Gasteiger partial charge < -0.3 is 5.32 Å². The molecule has 0 bridgehead atoms. The third-order valence-electron chi connectivity index (χ3n) is 2.10. The van der Waals surface area contributed by atoms with Gasteiger partial charge in [-0.2, -0.15) is 0 Å². The predicted octanol–water partition coefficient (Wildman–Crippen LogP) is 0.744. The summed E-state index contributed by atoms with van der Waals surface area (Å²) in [5.74, 6) is 0.822. The number of aryl methyl sites for hydroxylation is 1. The van der Waals surface area contributed by atoms with Crippen molar-refractivity contribution in [1.29, 1.82) is 0 Å². The minimum Gasteiger partial charge on any atom is -0.309 e. The summed E-state index contributed by atoms with van der Waals surface area (Å²) in [6.07, 6.45) is 1.22. The molecular weight excluding hydrogens is 168 g/mol. The summed E-state index contributed by atoms with van der Waals surface area (Å²) in [6, 6.07) is 0.231. The molecule has 13 heavy (non-hydrogen) atoms. The molecule has 1 aliphatic heterocycles. The lowest BCUT2D eigenvalue weighted by atomic mass is 10.1. The van der Waals surface area contributed by atoms with Crippen LogP contribution in [0.2, 0.25) is 0 Å². The van der Waals surface area contributed by atoms with Crippen LogP contribution in [0.25, 0.3) is 0 Å². The van der Waals surface area contributed by atoms with Crippen molar-refractivity contribution in [3.05, 3.63) is 5.69 Å². The van der Waals surface area contributed by atoms with Gasteiger partial charge in [-0.3, -0.25) is 4.79 Å². The van der Waals surface area contributed by atoms with Crippen molar-refractivity contribution in [3.8, 4) is 0 Å². The molecule has 0 saturated heterocycles. The predicted molar refractivity (Wildman–Crippen MR) is 47.4 cm³/mol. The number of amides is 1. The molecule has 1 amide bonds. The number of carbonyl (C=O) groups excluding carboxylic acids is 1. The quantitative estimate of drug-likeness (QED) is 0.693. The first kappa shape index (κ1) is 8.22. The Bertz CT molecular complexity index is 342. The maximum Gasteiger partial charge on any atom is 0.225 e. The molecule has 1 N–H and O–H groups in total. The molecule has 70 valence electrons. The number of fused-ring (bicyclic) bond motifs is 1. The van der Waals surface area contributed by atoms with Crippen LogP contribution in [0.15, 0.2) is 0 Å². The van der Waals surface area contributed by atoms with E-state index in [0.717, 1.165) is 11.5 Å². The number of nitrogens with zero attached hydrogens (tertiary/aromatic N) is 3. The molecule has 0 atom stereocenters. The second-order valence-corrected chi connectivity index (χ2v) is 3.47. The standard InChI is InChI=1S/C8H12N4O/c1-5(2)12-8-6(10-11-12)3-4-7(13)9-8/h5H,3-4H2,1-2H3,(H,9,13). The molecule has 0 unspecified atom stereocenters. The molecule has 2 heterocycles. The Balaban J connectivity index is 2.41. The molecule has 0 radical (unpaired) electrons. The van der Waals surface area contributed by atoms with E-state index in [2.05, 4.69) is 15.6 Å². The minimum absolute atomic E-state index is 0.0525. The van der Waals surface area contributed by atoms with E-state index in [1.165, 1.54) is 0 Å². The fourth-order valence-corrected chi connectivity index (χ4v) is 1.41. The van der Waals surface area contributed by atoms with Crippen molar-refractivity contribution in [2.24, 2.45) is 0 Å². The van der Waals surface area contributed by atoms with E-state index in [1.54, 1.807) is 4.68 Å². The summed E-state index contributed by atoms with van der Waals surface area (Å²) in [4.78, 5) is 11.1. The average Bonchev–Trinajstić information content (AvgIpc) is 2.46. The SMILES string of the molecule is CC(C)n1nnc2c1NC(=O)CC2. The second-order valence-electron chi connectivity index (χ2n) is 3.47. The van der Waals surface area contributed by atoms with Gasteiger partial charge in [0.1, 0.15) is 5.69 Å². The van der Waals surface area contributed by atoms with Gasteiger partial charge in [0.15, 0.2) is 5.82 Å². The number of nitrogens with one attached hydrogen (secondary N) is 1. The Morgan fingerprint density at radius 3 is 2.92 bits per heavy atom. The van der Waals surface area contributed by atoms with E-state index in [1.807, 2.05) is 13.8 Å². The second kappa shape index (κ2) is 2.83. The largest absolute Gasteiger partial charge is 0.309 e. The van der Waals surface area contributed by atoms with Crippen LogP contribution in [-0.4, -0.2) is 20.9 Å². The summed E-state index contributed by atoms with van der Waals surface area (Å²) in [5.41, 5.74) is 0.897. The highest BCUT2D eigenvalue weighted by Crippen LogP contribution is 2.22. The van der Waals surface area contributed by atoms with Gasteiger partial charge in [0, 0.05) is 12.8 Å². The monoisotopic (exact) mass is 180 g/mol. The fourth-order valence-electron chi connectivity index (χ4n) is 1.41. The third kappa shape index (κ3) is 1.30. The average molecular weight is 180 g/mol. The van der Waals surface area contributed by atoms with Crippen molar-refractivity contribution >= 4 is 11.7 Å². The zero-order chi connectivity index (χ0) is 9.42. The Labute approximate surface area is 76.1 Å². The van der Waals surface area contributed by atoms with Crippen LogP contribution < -0.4 is 5.32 Å². The van der Waals surface area contributed by atoms with Gasteiger partial charge in [0.05, 0.1) is 6.04 Å². The molecule has 1 aliphatic rings. The van der Waals surface area contributed by atoms with Crippen LogP contribution in [0.4, 0.5) is 5.82 Å². The molecule has 2 rings (SSSR count). The summed E-state index contributed by atoms with van der Waals surface area (Å²) >= 11 is 0. The molecule has 1 aromatic heterocycles. The summed E-state index contributed by atoms with van der Waals surface area (Å²) in [5, 5.41) is 10.8. The van der Waals surface area contributed by atoms with Crippen LogP contribution in [0, 0.1) is 0 Å². The van der Waals surface area contributed by atoms with Gasteiger partial charge in [0.25, 0.3) is 0 Å². The molecule has 0 fully saturated rings. The summed E-state index contributed by atoms with van der Waals surface area (Å²) in [6.45, 7) is 4.02. The molecule has 0 aliphatic carbocycles. The van der Waals surface area contributed by atoms with E-state index in [4.69, 9.17) is 0 Å². The first-order chi connectivity index (χ1) is 6.18. The molecule has 5 nitrogen and oxygen atoms in total. The van der Waals surface area contributed by atoms with E-state index in [0.29, 0.717) is 12.8 Å². The number of anilines is 1. The maximum absolute atomic E-state index is 11.1. The van der Waals surface area contributed by atoms with Crippen LogP contribution >= 0.6 is 0 Å².